The number of hydrogen-bond acceptors (Lipinski definition) is 5. The number of nitriles is 1. The van der Waals surface area contributed by atoms with E-state index >= 15 is 0 Å². The molecule has 3 aliphatic rings. The molecule has 8 heteroatoms. The topological polar surface area (TPSA) is 88.5 Å². The molecule has 2 N–H and O–H groups in total. The van der Waals surface area contributed by atoms with Crippen molar-refractivity contribution in [3.8, 4) is 6.07 Å². The molecule has 1 aromatic carbocycles. The molecule has 3 fully saturated rings. The molecule has 3 saturated heterocycles. The minimum Gasteiger partial charge on any atom is -0.350 e. The zero-order valence-corrected chi connectivity index (χ0v) is 16.5. The van der Waals surface area contributed by atoms with Gasteiger partial charge in [-0.2, -0.15) is 5.26 Å². The molecule has 0 radical (unpaired) electrons. The first-order valence-electron chi connectivity index (χ1n) is 9.42. The summed E-state index contributed by atoms with van der Waals surface area (Å²) in [5, 5.41) is 14.5. The molecule has 150 valence electrons. The van der Waals surface area contributed by atoms with Gasteiger partial charge in [-0.05, 0) is 45.4 Å². The minimum atomic E-state index is -0.558. The summed E-state index contributed by atoms with van der Waals surface area (Å²) in [6, 6.07) is 6.19. The Kier molecular flexibility index (Phi) is 5.68. The van der Waals surface area contributed by atoms with E-state index in [1.54, 1.807) is 0 Å². The van der Waals surface area contributed by atoms with Gasteiger partial charge in [0, 0.05) is 36.4 Å². The van der Waals surface area contributed by atoms with Crippen LogP contribution in [0.1, 0.15) is 32.8 Å². The first-order valence-corrected chi connectivity index (χ1v) is 9.42. The zero-order chi connectivity index (χ0) is 20.5. The summed E-state index contributed by atoms with van der Waals surface area (Å²) in [5.41, 5.74) is 0.201. The summed E-state index contributed by atoms with van der Waals surface area (Å²) in [6.45, 7) is 7.90. The fraction of sp³-hybridized carbons (Fsp3) is 0.550. The van der Waals surface area contributed by atoms with Crippen LogP contribution in [0.3, 0.4) is 0 Å². The van der Waals surface area contributed by atoms with Crippen molar-refractivity contribution in [2.75, 3.05) is 31.5 Å². The molecule has 2 atom stereocenters. The van der Waals surface area contributed by atoms with Crippen LogP contribution in [0.2, 0.25) is 0 Å². The van der Waals surface area contributed by atoms with Gasteiger partial charge in [0.1, 0.15) is 5.82 Å². The maximum Gasteiger partial charge on any atom is 0.238 e. The number of fused-ring (bicyclic) bond motifs is 2. The van der Waals surface area contributed by atoms with Crippen LogP contribution in [0.15, 0.2) is 18.2 Å². The lowest BCUT2D eigenvalue weighted by molar-refractivity contribution is -0.134. The Bertz CT molecular complexity index is 802. The Morgan fingerprint density at radius 2 is 1.86 bits per heavy atom. The number of piperidine rings is 1. The average molecular weight is 387 g/mol. The minimum absolute atomic E-state index is 0.0211. The van der Waals surface area contributed by atoms with E-state index in [0.717, 1.165) is 25.6 Å². The fourth-order valence-corrected chi connectivity index (χ4v) is 3.92. The number of amides is 2. The van der Waals surface area contributed by atoms with Gasteiger partial charge in [-0.1, -0.05) is 0 Å². The van der Waals surface area contributed by atoms with Gasteiger partial charge in [0.25, 0.3) is 0 Å². The van der Waals surface area contributed by atoms with E-state index in [0.29, 0.717) is 6.54 Å². The number of rotatable bonds is 5. The average Bonchev–Trinajstić information content (AvgIpc) is 2.57. The highest BCUT2D eigenvalue weighted by Crippen LogP contribution is 2.31. The highest BCUT2D eigenvalue weighted by atomic mass is 19.1. The Labute approximate surface area is 164 Å². The lowest BCUT2D eigenvalue weighted by Gasteiger charge is -2.56. The maximum absolute atomic E-state index is 13.5. The Morgan fingerprint density at radius 3 is 2.46 bits per heavy atom. The van der Waals surface area contributed by atoms with Crippen LogP contribution in [-0.4, -0.2) is 65.4 Å². The van der Waals surface area contributed by atoms with Gasteiger partial charge in [0.15, 0.2) is 0 Å². The highest BCUT2D eigenvalue weighted by molar-refractivity contribution is 5.92. The lowest BCUT2D eigenvalue weighted by atomic mass is 9.87. The number of anilines is 1. The first-order chi connectivity index (χ1) is 13.1. The van der Waals surface area contributed by atoms with Gasteiger partial charge >= 0.3 is 0 Å². The van der Waals surface area contributed by atoms with E-state index in [1.165, 1.54) is 12.1 Å². The van der Waals surface area contributed by atoms with Crippen molar-refractivity contribution in [1.82, 2.24) is 15.1 Å². The summed E-state index contributed by atoms with van der Waals surface area (Å²) in [6.07, 6.45) is 1.04. The van der Waals surface area contributed by atoms with Crippen LogP contribution < -0.4 is 10.6 Å². The van der Waals surface area contributed by atoms with Crippen molar-refractivity contribution >= 4 is 17.5 Å². The number of benzene rings is 1. The zero-order valence-electron chi connectivity index (χ0n) is 16.5. The van der Waals surface area contributed by atoms with Crippen LogP contribution in [0.25, 0.3) is 0 Å². The number of hydrogen-bond donors (Lipinski definition) is 2. The summed E-state index contributed by atoms with van der Waals surface area (Å²) >= 11 is 0. The van der Waals surface area contributed by atoms with Gasteiger partial charge in [0.2, 0.25) is 11.8 Å². The predicted octanol–water partition coefficient (Wildman–Crippen LogP) is 1.31. The summed E-state index contributed by atoms with van der Waals surface area (Å²) < 4.78 is 13.5. The molecule has 2 amide bonds. The van der Waals surface area contributed by atoms with E-state index < -0.39 is 5.82 Å². The molecule has 0 saturated carbocycles. The van der Waals surface area contributed by atoms with Crippen LogP contribution >= 0.6 is 0 Å². The third-order valence-electron chi connectivity index (χ3n) is 4.94. The second kappa shape index (κ2) is 7.86. The number of carbonyl (C=O) groups excluding carboxylic acids is 2. The Morgan fingerprint density at radius 1 is 1.18 bits per heavy atom. The van der Waals surface area contributed by atoms with E-state index in [2.05, 4.69) is 20.4 Å². The normalized spacial score (nSPS) is 22.1. The van der Waals surface area contributed by atoms with Crippen molar-refractivity contribution in [3.63, 3.8) is 0 Å². The Hall–Kier alpha value is -2.50. The largest absolute Gasteiger partial charge is 0.350 e. The van der Waals surface area contributed by atoms with Gasteiger partial charge in [-0.25, -0.2) is 4.39 Å². The molecule has 7 nitrogen and oxygen atoms in total. The van der Waals surface area contributed by atoms with Crippen LogP contribution in [0.5, 0.6) is 0 Å². The summed E-state index contributed by atoms with van der Waals surface area (Å²) in [7, 11) is 0. The molecule has 28 heavy (non-hydrogen) atoms. The monoisotopic (exact) mass is 387 g/mol. The summed E-state index contributed by atoms with van der Waals surface area (Å²) in [5.74, 6) is -0.779. The fourth-order valence-electron chi connectivity index (χ4n) is 3.92. The molecule has 2 bridgehead atoms. The molecule has 3 aliphatic heterocycles. The van der Waals surface area contributed by atoms with Crippen molar-refractivity contribution in [1.29, 1.82) is 5.26 Å². The Balaban J connectivity index is 1.48. The first kappa shape index (κ1) is 20.2. The quantitative estimate of drug-likeness (QED) is 0.795. The summed E-state index contributed by atoms with van der Waals surface area (Å²) in [4.78, 5) is 28.7. The standard InChI is InChI=1S/C20H26FN5O2/c1-20(2,3)24-19(28)12-26-16-7-17(26)10-25(9-16)11-18(27)23-15-5-13(8-22)4-14(21)6-15/h4-6,16-17H,7,9-12H2,1-3H3,(H,23,27)(H,24,28). The molecule has 0 spiro atoms. The lowest BCUT2D eigenvalue weighted by Crippen LogP contribution is -2.70. The molecular weight excluding hydrogens is 361 g/mol. The number of nitrogens with one attached hydrogen (secondary N) is 2. The van der Waals surface area contributed by atoms with E-state index in [9.17, 15) is 14.0 Å². The third-order valence-corrected chi connectivity index (χ3v) is 4.94. The van der Waals surface area contributed by atoms with Crippen molar-refractivity contribution in [3.05, 3.63) is 29.6 Å². The number of halogens is 1. The molecule has 0 aromatic heterocycles. The molecule has 3 heterocycles. The van der Waals surface area contributed by atoms with E-state index in [1.807, 2.05) is 26.8 Å². The van der Waals surface area contributed by atoms with Crippen molar-refractivity contribution < 1.29 is 14.0 Å². The van der Waals surface area contributed by atoms with Gasteiger partial charge in [0.05, 0.1) is 24.7 Å². The second-order valence-electron chi connectivity index (χ2n) is 8.60. The van der Waals surface area contributed by atoms with Crippen molar-refractivity contribution in [2.24, 2.45) is 0 Å². The van der Waals surface area contributed by atoms with Gasteiger partial charge in [-0.15, -0.1) is 0 Å². The van der Waals surface area contributed by atoms with Crippen LogP contribution in [0.4, 0.5) is 10.1 Å². The third kappa shape index (κ3) is 5.06. The smallest absolute Gasteiger partial charge is 0.238 e. The number of carbonyl (C=O) groups is 2. The van der Waals surface area contributed by atoms with E-state index in [4.69, 9.17) is 5.26 Å². The maximum atomic E-state index is 13.5. The van der Waals surface area contributed by atoms with Crippen LogP contribution in [-0.2, 0) is 9.59 Å². The molecule has 2 unspecified atom stereocenters. The highest BCUT2D eigenvalue weighted by Gasteiger charge is 2.45. The van der Waals surface area contributed by atoms with Gasteiger partial charge in [-0.3, -0.25) is 19.4 Å². The van der Waals surface area contributed by atoms with Crippen molar-refractivity contribution in [2.45, 2.75) is 44.8 Å². The SMILES string of the molecule is CC(C)(C)NC(=O)CN1C2CC1CN(CC(=O)Nc1cc(F)cc(C#N)c1)C2. The molecular formula is C20H26FN5O2. The number of nitrogens with zero attached hydrogens (tertiary/aromatic N) is 3. The van der Waals surface area contributed by atoms with E-state index in [-0.39, 0.29) is 47.2 Å². The number of piperazine rings is 1. The molecule has 1 aromatic rings. The molecule has 4 rings (SSSR count). The predicted molar refractivity (Wildman–Crippen MR) is 103 cm³/mol. The van der Waals surface area contributed by atoms with Gasteiger partial charge < -0.3 is 10.6 Å². The second-order valence-corrected chi connectivity index (χ2v) is 8.60. The molecule has 0 aliphatic carbocycles. The van der Waals surface area contributed by atoms with Crippen LogP contribution in [0, 0.1) is 17.1 Å².